The molecule has 129 valence electrons. The normalized spacial score (nSPS) is 21.0. The first-order valence-corrected chi connectivity index (χ1v) is 13.9. The zero-order chi connectivity index (χ0) is 16.5. The molecule has 0 saturated carbocycles. The quantitative estimate of drug-likeness (QED) is 0.286. The zero-order valence-electron chi connectivity index (χ0n) is 15.5. The second kappa shape index (κ2) is 9.76. The van der Waals surface area contributed by atoms with Crippen molar-refractivity contribution in [1.82, 2.24) is 0 Å². The Labute approximate surface area is 153 Å². The van der Waals surface area contributed by atoms with Crippen LogP contribution in [-0.4, -0.2) is 42.8 Å². The molecule has 0 fully saturated rings. The van der Waals surface area contributed by atoms with Gasteiger partial charge in [-0.05, 0) is 0 Å². The summed E-state index contributed by atoms with van der Waals surface area (Å²) in [7, 11) is -1.82. The second-order valence-electron chi connectivity index (χ2n) is 7.21. The molecule has 22 heavy (non-hydrogen) atoms. The van der Waals surface area contributed by atoms with Crippen LogP contribution in [-0.2, 0) is 0 Å². The van der Waals surface area contributed by atoms with Crippen LogP contribution in [0, 0.1) is 0 Å². The number of unbranched alkanes of at least 4 members (excludes halogenated alkanes) is 4. The SMILES string of the molecule is CCCCC1=C[SH](CCCC)(CCCC)(CCCC)[C]([Sn])=N1. The number of rotatable bonds is 12. The number of hydrogen-bond acceptors (Lipinski definition) is 1. The molecular formula is C19H38NSSn. The topological polar surface area (TPSA) is 12.4 Å². The van der Waals surface area contributed by atoms with E-state index in [1.807, 2.05) is 0 Å². The number of allylic oxidation sites excluding steroid dienone is 1. The van der Waals surface area contributed by atoms with Crippen LogP contribution < -0.4 is 0 Å². The monoisotopic (exact) mass is 432 g/mol. The van der Waals surface area contributed by atoms with Gasteiger partial charge in [0.1, 0.15) is 0 Å². The third kappa shape index (κ3) is 4.78. The Morgan fingerprint density at radius 1 is 0.818 bits per heavy atom. The molecule has 1 aliphatic heterocycles. The van der Waals surface area contributed by atoms with Gasteiger partial charge in [0.25, 0.3) is 0 Å². The summed E-state index contributed by atoms with van der Waals surface area (Å²) in [4.78, 5) is 5.19. The van der Waals surface area contributed by atoms with E-state index in [9.17, 15) is 0 Å². The zero-order valence-corrected chi connectivity index (χ0v) is 19.2. The fraction of sp³-hybridized carbons (Fsp3) is 0.842. The van der Waals surface area contributed by atoms with Gasteiger partial charge < -0.3 is 0 Å². The van der Waals surface area contributed by atoms with Gasteiger partial charge in [-0.15, -0.1) is 0 Å². The Balaban J connectivity index is 3.17. The molecule has 1 nitrogen and oxygen atoms in total. The van der Waals surface area contributed by atoms with Crippen LogP contribution in [0.25, 0.3) is 0 Å². The summed E-state index contributed by atoms with van der Waals surface area (Å²) in [5.41, 5.74) is 1.47. The molecule has 0 aromatic carbocycles. The van der Waals surface area contributed by atoms with E-state index in [4.69, 9.17) is 4.99 Å². The molecule has 0 N–H and O–H groups in total. The molecule has 1 rings (SSSR count). The molecule has 0 bridgehead atoms. The van der Waals surface area contributed by atoms with E-state index in [2.05, 4.69) is 33.1 Å². The van der Waals surface area contributed by atoms with Gasteiger partial charge >= 0.3 is 154 Å². The molecule has 1 heterocycles. The fourth-order valence-electron chi connectivity index (χ4n) is 3.73. The standard InChI is InChI=1S/C19H38NS.Sn/c1-5-9-13-19-17-21(18-20-19,14-10-6-2,15-11-7-3)16-12-8-4;/h17,21H,5-16H2,1-4H3;. The van der Waals surface area contributed by atoms with E-state index in [0.717, 1.165) is 0 Å². The first kappa shape index (κ1) is 20.6. The molecule has 0 saturated heterocycles. The molecule has 0 aromatic rings. The number of hydrogen-bond donors (Lipinski definition) is 1. The Hall–Kier alpha value is 0.559. The van der Waals surface area contributed by atoms with Crippen molar-refractivity contribution in [2.45, 2.75) is 85.5 Å². The van der Waals surface area contributed by atoms with Crippen molar-refractivity contribution >= 4 is 34.7 Å². The van der Waals surface area contributed by atoms with Crippen LogP contribution in [0.2, 0.25) is 0 Å². The van der Waals surface area contributed by atoms with Gasteiger partial charge in [-0.25, -0.2) is 0 Å². The van der Waals surface area contributed by atoms with E-state index in [0.29, 0.717) is 0 Å². The summed E-state index contributed by atoms with van der Waals surface area (Å²) < 4.78 is 1.65. The van der Waals surface area contributed by atoms with Crippen molar-refractivity contribution in [3.63, 3.8) is 0 Å². The van der Waals surface area contributed by atoms with Crippen molar-refractivity contribution in [1.29, 1.82) is 0 Å². The minimum absolute atomic E-state index is 1.22. The predicted octanol–water partition coefficient (Wildman–Crippen LogP) is 6.03. The third-order valence-corrected chi connectivity index (χ3v) is 17.3. The Bertz CT molecular complexity index is 376. The van der Waals surface area contributed by atoms with Crippen LogP contribution in [0.4, 0.5) is 0 Å². The van der Waals surface area contributed by atoms with Gasteiger partial charge in [-0.3, -0.25) is 0 Å². The van der Waals surface area contributed by atoms with Crippen LogP contribution in [0.5, 0.6) is 0 Å². The third-order valence-electron chi connectivity index (χ3n) is 5.30. The van der Waals surface area contributed by atoms with Crippen molar-refractivity contribution in [3.05, 3.63) is 11.1 Å². The van der Waals surface area contributed by atoms with Crippen LogP contribution in [0.3, 0.4) is 0 Å². The molecule has 0 atom stereocenters. The fourth-order valence-corrected chi connectivity index (χ4v) is 14.1. The minimum atomic E-state index is -1.82. The molecule has 1 aliphatic rings. The van der Waals surface area contributed by atoms with Crippen LogP contribution in [0.1, 0.15) is 85.5 Å². The van der Waals surface area contributed by atoms with Gasteiger partial charge in [-0.2, -0.15) is 0 Å². The first-order valence-electron chi connectivity index (χ1n) is 9.60. The molecule has 0 aromatic heterocycles. The van der Waals surface area contributed by atoms with E-state index in [1.54, 1.807) is 25.6 Å². The van der Waals surface area contributed by atoms with Gasteiger partial charge in [-0.1, -0.05) is 0 Å². The van der Waals surface area contributed by atoms with E-state index in [-0.39, 0.29) is 0 Å². The Kier molecular flexibility index (Phi) is 9.14. The van der Waals surface area contributed by atoms with Gasteiger partial charge in [0.2, 0.25) is 0 Å². The van der Waals surface area contributed by atoms with Crippen molar-refractivity contribution in [2.75, 3.05) is 17.3 Å². The number of thiol groups is 1. The molecule has 3 radical (unpaired) electrons. The van der Waals surface area contributed by atoms with Crippen LogP contribution >= 0.6 is 9.16 Å². The number of nitrogens with zero attached hydrogens (tertiary/aromatic N) is 1. The Morgan fingerprint density at radius 2 is 1.27 bits per heavy atom. The number of aliphatic imine (C=N–C) groups is 1. The molecular weight excluding hydrogens is 393 g/mol. The molecule has 3 heteroatoms. The molecule has 0 unspecified atom stereocenters. The first-order chi connectivity index (χ1) is 10.6. The van der Waals surface area contributed by atoms with Gasteiger partial charge in [0.05, 0.1) is 0 Å². The van der Waals surface area contributed by atoms with E-state index in [1.165, 1.54) is 80.7 Å². The summed E-state index contributed by atoms with van der Waals surface area (Å²) in [6.07, 6.45) is 12.0. The second-order valence-corrected chi connectivity index (χ2v) is 15.4. The summed E-state index contributed by atoms with van der Waals surface area (Å²) in [6.45, 7) is 9.35. The van der Waals surface area contributed by atoms with Crippen molar-refractivity contribution in [3.8, 4) is 0 Å². The average Bonchev–Trinajstić information content (AvgIpc) is 2.81. The molecule has 0 amide bonds. The Morgan fingerprint density at radius 3 is 1.68 bits per heavy atom. The summed E-state index contributed by atoms with van der Waals surface area (Å²) in [5.74, 6) is 4.38. The maximum atomic E-state index is 5.19. The molecule has 0 spiro atoms. The van der Waals surface area contributed by atoms with E-state index >= 15 is 0 Å². The maximum absolute atomic E-state index is 5.19. The van der Waals surface area contributed by atoms with Crippen molar-refractivity contribution < 1.29 is 0 Å². The van der Waals surface area contributed by atoms with E-state index < -0.39 is 9.16 Å². The average molecular weight is 431 g/mol. The van der Waals surface area contributed by atoms with Crippen molar-refractivity contribution in [2.24, 2.45) is 4.99 Å². The summed E-state index contributed by atoms with van der Waals surface area (Å²) >= 11 is 1.61. The molecule has 0 aliphatic carbocycles. The van der Waals surface area contributed by atoms with Gasteiger partial charge in [0, 0.05) is 0 Å². The van der Waals surface area contributed by atoms with Gasteiger partial charge in [0.15, 0.2) is 0 Å². The van der Waals surface area contributed by atoms with Crippen LogP contribution in [0.15, 0.2) is 16.1 Å². The summed E-state index contributed by atoms with van der Waals surface area (Å²) in [6, 6.07) is 0. The summed E-state index contributed by atoms with van der Waals surface area (Å²) in [5, 5.41) is 2.80. The predicted molar refractivity (Wildman–Crippen MR) is 109 cm³/mol.